The fraction of sp³-hybridized carbons (Fsp3) is 0.640. The van der Waals surface area contributed by atoms with E-state index in [0.717, 1.165) is 81.5 Å². The Labute approximate surface area is 207 Å². The maximum Gasteiger partial charge on any atom is 0.223 e. The molecule has 35 heavy (non-hydrogen) atoms. The van der Waals surface area contributed by atoms with Crippen molar-refractivity contribution in [1.82, 2.24) is 29.9 Å². The number of amides is 1. The molecule has 0 aliphatic carbocycles. The molecule has 2 aliphatic rings. The number of piperidine rings is 1. The highest BCUT2D eigenvalue weighted by Gasteiger charge is 2.27. The Morgan fingerprint density at radius 1 is 1.00 bits per heavy atom. The standard InChI is InChI=1S/C25H38N6O4/c1-17(26-25(32)18-6-9-29(2)10-7-18)24-28-27-23-8-11-30(12-13-31(23)24)16-19-14-21(34-4)22(35-5)15-20(19)33-3/h14-15,17-18H,6-13,16H2,1-5H3,(H,26,32)/t17-/m0/s1. The third kappa shape index (κ3) is 5.70. The number of carbonyl (C=O) groups excluding carboxylic acids is 1. The van der Waals surface area contributed by atoms with Crippen LogP contribution in [0.1, 0.15) is 43.0 Å². The smallest absolute Gasteiger partial charge is 0.223 e. The topological polar surface area (TPSA) is 94.0 Å². The Morgan fingerprint density at radius 3 is 2.37 bits per heavy atom. The van der Waals surface area contributed by atoms with E-state index >= 15 is 0 Å². The van der Waals surface area contributed by atoms with Crippen LogP contribution in [0.2, 0.25) is 0 Å². The maximum atomic E-state index is 12.8. The molecule has 10 heteroatoms. The minimum atomic E-state index is -0.180. The Hall–Kier alpha value is -2.85. The second kappa shape index (κ2) is 11.3. The molecule has 4 rings (SSSR count). The second-order valence-corrected chi connectivity index (χ2v) is 9.48. The van der Waals surface area contributed by atoms with Crippen molar-refractivity contribution in [3.8, 4) is 17.2 Å². The third-order valence-electron chi connectivity index (χ3n) is 7.16. The summed E-state index contributed by atoms with van der Waals surface area (Å²) in [4.78, 5) is 17.5. The van der Waals surface area contributed by atoms with Crippen LogP contribution in [0.4, 0.5) is 0 Å². The first-order valence-electron chi connectivity index (χ1n) is 12.4. The second-order valence-electron chi connectivity index (χ2n) is 9.48. The molecule has 1 aromatic carbocycles. The number of likely N-dealkylation sites (tertiary alicyclic amines) is 1. The third-order valence-corrected chi connectivity index (χ3v) is 7.16. The van der Waals surface area contributed by atoms with Gasteiger partial charge in [-0.25, -0.2) is 0 Å². The van der Waals surface area contributed by atoms with Crippen LogP contribution in [0, 0.1) is 5.92 Å². The molecule has 1 fully saturated rings. The lowest BCUT2D eigenvalue weighted by Gasteiger charge is -2.29. The lowest BCUT2D eigenvalue weighted by Crippen LogP contribution is -2.40. The number of hydrogen-bond acceptors (Lipinski definition) is 8. The van der Waals surface area contributed by atoms with Crippen molar-refractivity contribution in [2.45, 2.75) is 45.3 Å². The van der Waals surface area contributed by atoms with Gasteiger partial charge >= 0.3 is 0 Å². The first kappa shape index (κ1) is 25.2. The van der Waals surface area contributed by atoms with Crippen LogP contribution in [-0.4, -0.2) is 85.0 Å². The van der Waals surface area contributed by atoms with Crippen LogP contribution in [0.25, 0.3) is 0 Å². The predicted molar refractivity (Wildman–Crippen MR) is 132 cm³/mol. The highest BCUT2D eigenvalue weighted by atomic mass is 16.5. The SMILES string of the molecule is COc1cc(OC)c(OC)cc1CN1CCc2nnc([C@H](C)NC(=O)C3CCN(C)CC3)n2CC1. The van der Waals surface area contributed by atoms with E-state index < -0.39 is 0 Å². The van der Waals surface area contributed by atoms with Gasteiger partial charge in [0.15, 0.2) is 17.3 Å². The molecule has 0 bridgehead atoms. The van der Waals surface area contributed by atoms with Crippen LogP contribution >= 0.6 is 0 Å². The minimum absolute atomic E-state index is 0.0761. The van der Waals surface area contributed by atoms with Crippen molar-refractivity contribution in [3.63, 3.8) is 0 Å². The van der Waals surface area contributed by atoms with E-state index in [1.165, 1.54) is 0 Å². The lowest BCUT2D eigenvalue weighted by molar-refractivity contribution is -0.127. The molecule has 1 atom stereocenters. The van der Waals surface area contributed by atoms with E-state index in [4.69, 9.17) is 14.2 Å². The van der Waals surface area contributed by atoms with Gasteiger partial charge in [-0.2, -0.15) is 0 Å². The molecule has 1 saturated heterocycles. The number of carbonyl (C=O) groups is 1. The number of hydrogen-bond donors (Lipinski definition) is 1. The van der Waals surface area contributed by atoms with Gasteiger partial charge in [0.1, 0.15) is 11.6 Å². The lowest BCUT2D eigenvalue weighted by atomic mass is 9.96. The van der Waals surface area contributed by atoms with Crippen molar-refractivity contribution in [2.75, 3.05) is 54.6 Å². The Kier molecular flexibility index (Phi) is 8.12. The molecular weight excluding hydrogens is 448 g/mol. The number of benzene rings is 1. The number of nitrogens with one attached hydrogen (secondary N) is 1. The van der Waals surface area contributed by atoms with Crippen molar-refractivity contribution in [1.29, 1.82) is 0 Å². The van der Waals surface area contributed by atoms with E-state index in [9.17, 15) is 4.79 Å². The molecule has 1 amide bonds. The van der Waals surface area contributed by atoms with Crippen molar-refractivity contribution in [3.05, 3.63) is 29.3 Å². The number of ether oxygens (including phenoxy) is 3. The summed E-state index contributed by atoms with van der Waals surface area (Å²) in [5.41, 5.74) is 1.04. The number of rotatable bonds is 8. The largest absolute Gasteiger partial charge is 0.496 e. The zero-order valence-electron chi connectivity index (χ0n) is 21.5. The van der Waals surface area contributed by atoms with Crippen LogP contribution in [0.5, 0.6) is 17.2 Å². The van der Waals surface area contributed by atoms with Crippen LogP contribution in [-0.2, 0) is 24.3 Å². The van der Waals surface area contributed by atoms with Gasteiger partial charge in [0, 0.05) is 50.1 Å². The number of fused-ring (bicyclic) bond motifs is 1. The van der Waals surface area contributed by atoms with E-state index in [-0.39, 0.29) is 17.9 Å². The molecule has 0 saturated carbocycles. The summed E-state index contributed by atoms with van der Waals surface area (Å²) in [6, 6.07) is 3.67. The van der Waals surface area contributed by atoms with Gasteiger partial charge in [-0.15, -0.1) is 10.2 Å². The van der Waals surface area contributed by atoms with Crippen molar-refractivity contribution < 1.29 is 19.0 Å². The number of aromatic nitrogens is 3. The zero-order chi connectivity index (χ0) is 24.9. The summed E-state index contributed by atoms with van der Waals surface area (Å²) in [7, 11) is 7.03. The predicted octanol–water partition coefficient (Wildman–Crippen LogP) is 1.88. The zero-order valence-corrected chi connectivity index (χ0v) is 21.5. The Bertz CT molecular complexity index is 1020. The average molecular weight is 487 g/mol. The van der Waals surface area contributed by atoms with Gasteiger partial charge in [0.05, 0.1) is 27.4 Å². The fourth-order valence-electron chi connectivity index (χ4n) is 4.99. The van der Waals surface area contributed by atoms with Crippen LogP contribution in [0.3, 0.4) is 0 Å². The molecule has 3 heterocycles. The van der Waals surface area contributed by atoms with Crippen LogP contribution < -0.4 is 19.5 Å². The summed E-state index contributed by atoms with van der Waals surface area (Å²) in [6.45, 7) is 7.11. The molecular formula is C25H38N6O4. The first-order chi connectivity index (χ1) is 16.9. The fourth-order valence-corrected chi connectivity index (χ4v) is 4.99. The summed E-state index contributed by atoms with van der Waals surface area (Å²) in [6.07, 6.45) is 2.60. The average Bonchev–Trinajstić information content (AvgIpc) is 3.18. The molecule has 10 nitrogen and oxygen atoms in total. The Morgan fingerprint density at radius 2 is 1.69 bits per heavy atom. The van der Waals surface area contributed by atoms with Gasteiger partial charge in [-0.1, -0.05) is 0 Å². The molecule has 0 unspecified atom stereocenters. The molecule has 1 aromatic heterocycles. The minimum Gasteiger partial charge on any atom is -0.496 e. The van der Waals surface area contributed by atoms with Crippen LogP contribution in [0.15, 0.2) is 12.1 Å². The molecule has 0 radical (unpaired) electrons. The summed E-state index contributed by atoms with van der Waals surface area (Å²) in [5, 5.41) is 12.1. The van der Waals surface area contributed by atoms with E-state index in [1.54, 1.807) is 21.3 Å². The first-order valence-corrected chi connectivity index (χ1v) is 12.4. The van der Waals surface area contributed by atoms with Crippen molar-refractivity contribution in [2.24, 2.45) is 5.92 Å². The maximum absolute atomic E-state index is 12.8. The molecule has 2 aliphatic heterocycles. The highest BCUT2D eigenvalue weighted by molar-refractivity contribution is 5.79. The molecule has 1 N–H and O–H groups in total. The number of nitrogens with zero attached hydrogens (tertiary/aromatic N) is 5. The van der Waals surface area contributed by atoms with Gasteiger partial charge in [0.25, 0.3) is 0 Å². The molecule has 0 spiro atoms. The van der Waals surface area contributed by atoms with Gasteiger partial charge in [-0.3, -0.25) is 9.69 Å². The van der Waals surface area contributed by atoms with E-state index in [0.29, 0.717) is 11.5 Å². The normalized spacial score (nSPS) is 18.4. The summed E-state index contributed by atoms with van der Waals surface area (Å²) in [5.74, 6) is 4.10. The van der Waals surface area contributed by atoms with Crippen molar-refractivity contribution >= 4 is 5.91 Å². The van der Waals surface area contributed by atoms with Gasteiger partial charge in [0.2, 0.25) is 5.91 Å². The Balaban J connectivity index is 1.41. The number of methoxy groups -OCH3 is 3. The van der Waals surface area contributed by atoms with Gasteiger partial charge in [-0.05, 0) is 46.0 Å². The van der Waals surface area contributed by atoms with E-state index in [2.05, 4.69) is 36.9 Å². The quantitative estimate of drug-likeness (QED) is 0.605. The summed E-state index contributed by atoms with van der Waals surface area (Å²) < 4.78 is 18.7. The molecule has 192 valence electrons. The van der Waals surface area contributed by atoms with Gasteiger partial charge < -0.3 is 29.0 Å². The highest BCUT2D eigenvalue weighted by Crippen LogP contribution is 2.35. The molecule has 2 aromatic rings. The van der Waals surface area contributed by atoms with E-state index in [1.807, 2.05) is 19.1 Å². The monoisotopic (exact) mass is 486 g/mol. The summed E-state index contributed by atoms with van der Waals surface area (Å²) >= 11 is 0.